The zero-order chi connectivity index (χ0) is 17.7. The van der Waals surface area contributed by atoms with Gasteiger partial charge in [0.05, 0.1) is 5.56 Å². The van der Waals surface area contributed by atoms with Crippen LogP contribution in [-0.2, 0) is 14.3 Å². The fraction of sp³-hybridized carbons (Fsp3) is 0.579. The van der Waals surface area contributed by atoms with Crippen LogP contribution in [0.1, 0.15) is 50.4 Å². The van der Waals surface area contributed by atoms with Crippen LogP contribution in [0.4, 0.5) is 0 Å². The van der Waals surface area contributed by atoms with Crippen LogP contribution in [0.25, 0.3) is 0 Å². The van der Waals surface area contributed by atoms with Gasteiger partial charge in [0.2, 0.25) is 0 Å². The lowest BCUT2D eigenvalue weighted by atomic mass is 9.75. The molecule has 5 heteroatoms. The van der Waals surface area contributed by atoms with Crippen LogP contribution >= 0.6 is 22.6 Å². The van der Waals surface area contributed by atoms with Crippen LogP contribution in [-0.4, -0.2) is 24.6 Å². The zero-order valence-corrected chi connectivity index (χ0v) is 16.6. The summed E-state index contributed by atoms with van der Waals surface area (Å²) in [6.07, 6.45) is 3.08. The maximum absolute atomic E-state index is 12.1. The van der Waals surface area contributed by atoms with Gasteiger partial charge < -0.3 is 9.47 Å². The van der Waals surface area contributed by atoms with Crippen molar-refractivity contribution in [2.45, 2.75) is 46.1 Å². The molecule has 0 unspecified atom stereocenters. The Morgan fingerprint density at radius 2 is 1.88 bits per heavy atom. The molecule has 2 rings (SSSR count). The summed E-state index contributed by atoms with van der Waals surface area (Å²) in [5.41, 5.74) is 0.439. The lowest BCUT2D eigenvalue weighted by molar-refractivity contribution is -0.159. The number of hydrogen-bond acceptors (Lipinski definition) is 4. The van der Waals surface area contributed by atoms with Crippen LogP contribution in [0.2, 0.25) is 0 Å². The first-order valence-electron chi connectivity index (χ1n) is 8.49. The maximum atomic E-state index is 12.1. The predicted molar refractivity (Wildman–Crippen MR) is 101 cm³/mol. The van der Waals surface area contributed by atoms with Crippen molar-refractivity contribution >= 4 is 34.5 Å². The molecule has 1 aromatic rings. The largest absolute Gasteiger partial charge is 0.460 e. The first-order valence-corrected chi connectivity index (χ1v) is 9.57. The minimum Gasteiger partial charge on any atom is -0.460 e. The molecule has 1 aromatic carbocycles. The second-order valence-electron chi connectivity index (χ2n) is 6.94. The number of benzene rings is 1. The Bertz CT molecular complexity index is 567. The summed E-state index contributed by atoms with van der Waals surface area (Å²) in [4.78, 5) is 24.0. The van der Waals surface area contributed by atoms with Crippen molar-refractivity contribution in [2.75, 3.05) is 6.61 Å². The molecule has 0 N–H and O–H groups in total. The monoisotopic (exact) mass is 444 g/mol. The number of esters is 2. The van der Waals surface area contributed by atoms with Crippen LogP contribution in [0, 0.1) is 21.3 Å². The normalized spacial score (nSPS) is 23.8. The van der Waals surface area contributed by atoms with Gasteiger partial charge in [0.15, 0.2) is 6.61 Å². The lowest BCUT2D eigenvalue weighted by Gasteiger charge is -2.36. The van der Waals surface area contributed by atoms with Crippen LogP contribution < -0.4 is 0 Å². The van der Waals surface area contributed by atoms with E-state index in [1.807, 2.05) is 12.1 Å². The molecule has 1 fully saturated rings. The zero-order valence-electron chi connectivity index (χ0n) is 14.5. The van der Waals surface area contributed by atoms with Crippen LogP contribution in [0.3, 0.4) is 0 Å². The first-order chi connectivity index (χ1) is 11.4. The Balaban J connectivity index is 1.85. The SMILES string of the molecule is CC(C)[C@H]1CC[C@@H](C)C[C@@H]1OC(=O)COC(=O)c1ccc(I)cc1. The van der Waals surface area contributed by atoms with E-state index in [0.717, 1.165) is 16.4 Å². The van der Waals surface area contributed by atoms with E-state index in [1.54, 1.807) is 12.1 Å². The molecule has 3 atom stereocenters. The Hall–Kier alpha value is -1.11. The molecule has 0 bridgehead atoms. The highest BCUT2D eigenvalue weighted by atomic mass is 127. The molecule has 1 aliphatic rings. The summed E-state index contributed by atoms with van der Waals surface area (Å²) in [5, 5.41) is 0. The van der Waals surface area contributed by atoms with Gasteiger partial charge in [-0.3, -0.25) is 0 Å². The van der Waals surface area contributed by atoms with E-state index in [2.05, 4.69) is 43.4 Å². The minimum atomic E-state index is -0.499. The molecule has 0 aromatic heterocycles. The standard InChI is InChI=1S/C19H25IO4/c1-12(2)16-9-4-13(3)10-17(16)24-18(21)11-23-19(22)14-5-7-15(20)8-6-14/h5-8,12-13,16-17H,4,9-11H2,1-3H3/t13-,16-,17+/m1/s1. The third-order valence-electron chi connectivity index (χ3n) is 4.65. The molecule has 0 spiro atoms. The Morgan fingerprint density at radius 1 is 1.21 bits per heavy atom. The summed E-state index contributed by atoms with van der Waals surface area (Å²) in [7, 11) is 0. The molecule has 1 saturated carbocycles. The number of halogens is 1. The van der Waals surface area contributed by atoms with Gasteiger partial charge in [-0.05, 0) is 77.5 Å². The Morgan fingerprint density at radius 3 is 2.50 bits per heavy atom. The minimum absolute atomic E-state index is 0.0711. The molecular formula is C19H25IO4. The third kappa shape index (κ3) is 5.46. The number of carbonyl (C=O) groups is 2. The van der Waals surface area contributed by atoms with Gasteiger partial charge in [0, 0.05) is 3.57 Å². The van der Waals surface area contributed by atoms with Gasteiger partial charge in [-0.1, -0.05) is 27.2 Å². The van der Waals surface area contributed by atoms with Crippen LogP contribution in [0.15, 0.2) is 24.3 Å². The average molecular weight is 444 g/mol. The lowest BCUT2D eigenvalue weighted by Crippen LogP contribution is -2.36. The summed E-state index contributed by atoms with van der Waals surface area (Å²) in [6.45, 7) is 6.19. The fourth-order valence-corrected chi connectivity index (χ4v) is 3.61. The summed E-state index contributed by atoms with van der Waals surface area (Å²) in [6, 6.07) is 7.03. The molecule has 132 valence electrons. The molecule has 0 aliphatic heterocycles. The van der Waals surface area contributed by atoms with Crippen molar-refractivity contribution in [1.82, 2.24) is 0 Å². The smallest absolute Gasteiger partial charge is 0.344 e. The van der Waals surface area contributed by atoms with E-state index >= 15 is 0 Å². The van der Waals surface area contributed by atoms with Crippen molar-refractivity contribution in [3.05, 3.63) is 33.4 Å². The fourth-order valence-electron chi connectivity index (χ4n) is 3.25. The molecule has 4 nitrogen and oxygen atoms in total. The highest BCUT2D eigenvalue weighted by molar-refractivity contribution is 14.1. The second kappa shape index (κ2) is 8.83. The van der Waals surface area contributed by atoms with E-state index in [1.165, 1.54) is 6.42 Å². The average Bonchev–Trinajstić information content (AvgIpc) is 2.53. The summed E-state index contributed by atoms with van der Waals surface area (Å²) < 4.78 is 11.7. The van der Waals surface area contributed by atoms with E-state index in [4.69, 9.17) is 9.47 Å². The van der Waals surface area contributed by atoms with Gasteiger partial charge in [0.25, 0.3) is 0 Å². The summed E-state index contributed by atoms with van der Waals surface area (Å²) in [5.74, 6) is 0.466. The van der Waals surface area contributed by atoms with Crippen molar-refractivity contribution in [3.8, 4) is 0 Å². The van der Waals surface area contributed by atoms with Crippen molar-refractivity contribution < 1.29 is 19.1 Å². The van der Waals surface area contributed by atoms with Gasteiger partial charge in [-0.2, -0.15) is 0 Å². The first kappa shape index (κ1) is 19.2. The molecule has 0 radical (unpaired) electrons. The third-order valence-corrected chi connectivity index (χ3v) is 5.36. The van der Waals surface area contributed by atoms with E-state index in [0.29, 0.717) is 23.3 Å². The van der Waals surface area contributed by atoms with Crippen molar-refractivity contribution in [2.24, 2.45) is 17.8 Å². The van der Waals surface area contributed by atoms with E-state index < -0.39 is 11.9 Å². The van der Waals surface area contributed by atoms with Gasteiger partial charge in [-0.25, -0.2) is 9.59 Å². The summed E-state index contributed by atoms with van der Waals surface area (Å²) >= 11 is 2.16. The van der Waals surface area contributed by atoms with E-state index in [9.17, 15) is 9.59 Å². The van der Waals surface area contributed by atoms with Crippen LogP contribution in [0.5, 0.6) is 0 Å². The highest BCUT2D eigenvalue weighted by Crippen LogP contribution is 2.35. The maximum Gasteiger partial charge on any atom is 0.344 e. The molecule has 0 saturated heterocycles. The molecular weight excluding hydrogens is 419 g/mol. The van der Waals surface area contributed by atoms with Gasteiger partial charge in [0.1, 0.15) is 6.10 Å². The van der Waals surface area contributed by atoms with Gasteiger partial charge in [-0.15, -0.1) is 0 Å². The number of carbonyl (C=O) groups excluding carboxylic acids is 2. The molecule has 1 aliphatic carbocycles. The predicted octanol–water partition coefficient (Wildman–Crippen LogP) is 4.45. The second-order valence-corrected chi connectivity index (χ2v) is 8.18. The van der Waals surface area contributed by atoms with Gasteiger partial charge >= 0.3 is 11.9 Å². The molecule has 0 amide bonds. The Kier molecular flexibility index (Phi) is 7.07. The molecule has 0 heterocycles. The van der Waals surface area contributed by atoms with E-state index in [-0.39, 0.29) is 12.7 Å². The molecule has 24 heavy (non-hydrogen) atoms. The highest BCUT2D eigenvalue weighted by Gasteiger charge is 2.33. The van der Waals surface area contributed by atoms with Crippen molar-refractivity contribution in [1.29, 1.82) is 0 Å². The topological polar surface area (TPSA) is 52.6 Å². The van der Waals surface area contributed by atoms with Crippen molar-refractivity contribution in [3.63, 3.8) is 0 Å². The number of hydrogen-bond donors (Lipinski definition) is 0. The quantitative estimate of drug-likeness (QED) is 0.498. The Labute approximate surface area is 157 Å². The number of ether oxygens (including phenoxy) is 2. The number of rotatable bonds is 5.